The number of ketones is 1. The Bertz CT molecular complexity index is 122. The van der Waals surface area contributed by atoms with Crippen molar-refractivity contribution >= 4 is 34.8 Å². The monoisotopic (exact) mass is 154 g/mol. The minimum atomic E-state index is -0.440. The molecule has 0 heterocycles. The van der Waals surface area contributed by atoms with Crippen LogP contribution >= 0.6 is 0 Å². The SMILES string of the molecule is CCOC(=O)CC(C)=O.[Mg]. The number of hydrogen-bond donors (Lipinski definition) is 0. The molecule has 0 aliphatic carbocycles. The van der Waals surface area contributed by atoms with E-state index in [0.717, 1.165) is 0 Å². The number of rotatable bonds is 3. The maximum atomic E-state index is 10.4. The zero-order chi connectivity index (χ0) is 7.28. The molecule has 2 radical (unpaired) electrons. The first-order valence-electron chi connectivity index (χ1n) is 2.82. The molecule has 0 aromatic heterocycles. The van der Waals surface area contributed by atoms with E-state index >= 15 is 0 Å². The van der Waals surface area contributed by atoms with Crippen LogP contribution in [0.15, 0.2) is 0 Å². The van der Waals surface area contributed by atoms with Crippen molar-refractivity contribution in [2.24, 2.45) is 0 Å². The van der Waals surface area contributed by atoms with Crippen molar-refractivity contribution in [3.8, 4) is 0 Å². The molecule has 10 heavy (non-hydrogen) atoms. The smallest absolute Gasteiger partial charge is 0.313 e. The minimum Gasteiger partial charge on any atom is -0.466 e. The molecule has 0 aromatic carbocycles. The van der Waals surface area contributed by atoms with Gasteiger partial charge in [-0.3, -0.25) is 9.59 Å². The molecule has 0 saturated heterocycles. The van der Waals surface area contributed by atoms with Gasteiger partial charge in [-0.15, -0.1) is 0 Å². The standard InChI is InChI=1S/C6H10O3.Mg/c1-3-9-6(8)4-5(2)7;/h3-4H2,1-2H3;. The molecule has 0 amide bonds. The highest BCUT2D eigenvalue weighted by Crippen LogP contribution is 1.86. The third-order valence-corrected chi connectivity index (χ3v) is 0.699. The third-order valence-electron chi connectivity index (χ3n) is 0.699. The van der Waals surface area contributed by atoms with Crippen LogP contribution in [0, 0.1) is 0 Å². The third kappa shape index (κ3) is 7.91. The zero-order valence-electron chi connectivity index (χ0n) is 6.35. The van der Waals surface area contributed by atoms with E-state index in [1.54, 1.807) is 6.92 Å². The summed E-state index contributed by atoms with van der Waals surface area (Å²) in [5, 5.41) is 0. The molecule has 0 fully saturated rings. The van der Waals surface area contributed by atoms with Gasteiger partial charge in [0.15, 0.2) is 0 Å². The van der Waals surface area contributed by atoms with E-state index < -0.39 is 5.97 Å². The van der Waals surface area contributed by atoms with Gasteiger partial charge >= 0.3 is 5.97 Å². The fourth-order valence-electron chi connectivity index (χ4n) is 0.415. The second-order valence-corrected chi connectivity index (χ2v) is 1.68. The van der Waals surface area contributed by atoms with Crippen LogP contribution in [0.1, 0.15) is 20.3 Å². The lowest BCUT2D eigenvalue weighted by Gasteiger charge is -1.96. The first-order chi connectivity index (χ1) is 4.16. The molecule has 0 aromatic rings. The van der Waals surface area contributed by atoms with Gasteiger partial charge in [-0.2, -0.15) is 0 Å². The van der Waals surface area contributed by atoms with Crippen LogP contribution in [0.5, 0.6) is 0 Å². The molecule has 0 aliphatic rings. The Morgan fingerprint density at radius 3 is 2.20 bits per heavy atom. The maximum absolute atomic E-state index is 10.4. The van der Waals surface area contributed by atoms with Crippen LogP contribution in [0.2, 0.25) is 0 Å². The summed E-state index contributed by atoms with van der Waals surface area (Å²) in [5.41, 5.74) is 0. The van der Waals surface area contributed by atoms with Gasteiger partial charge in [0, 0.05) is 23.1 Å². The predicted octanol–water partition coefficient (Wildman–Crippen LogP) is 0.148. The van der Waals surface area contributed by atoms with Gasteiger partial charge in [-0.25, -0.2) is 0 Å². The van der Waals surface area contributed by atoms with Crippen molar-refractivity contribution < 1.29 is 14.3 Å². The quantitative estimate of drug-likeness (QED) is 0.330. The number of esters is 1. The van der Waals surface area contributed by atoms with Crippen LogP contribution in [0.25, 0.3) is 0 Å². The molecule has 0 unspecified atom stereocenters. The summed E-state index contributed by atoms with van der Waals surface area (Å²) in [6, 6.07) is 0. The highest BCUT2D eigenvalue weighted by molar-refractivity contribution is 5.94. The van der Waals surface area contributed by atoms with E-state index in [1.807, 2.05) is 0 Å². The topological polar surface area (TPSA) is 43.4 Å². The van der Waals surface area contributed by atoms with Gasteiger partial charge in [-0.05, 0) is 13.8 Å². The Hall–Kier alpha value is -0.0938. The second kappa shape index (κ2) is 7.02. The summed E-state index contributed by atoms with van der Waals surface area (Å²) >= 11 is 0. The largest absolute Gasteiger partial charge is 0.466 e. The molecule has 0 aliphatic heterocycles. The Morgan fingerprint density at radius 1 is 1.40 bits per heavy atom. The molecule has 0 atom stereocenters. The molecule has 0 spiro atoms. The summed E-state index contributed by atoms with van der Waals surface area (Å²) in [5.74, 6) is -0.599. The maximum Gasteiger partial charge on any atom is 0.313 e. The van der Waals surface area contributed by atoms with Crippen LogP contribution in [0.3, 0.4) is 0 Å². The first-order valence-corrected chi connectivity index (χ1v) is 2.82. The van der Waals surface area contributed by atoms with Gasteiger partial charge < -0.3 is 4.74 Å². The molecule has 54 valence electrons. The summed E-state index contributed by atoms with van der Waals surface area (Å²) in [6.07, 6.45) is -0.103. The Morgan fingerprint density at radius 2 is 1.90 bits per heavy atom. The first kappa shape index (κ1) is 12.6. The second-order valence-electron chi connectivity index (χ2n) is 1.68. The van der Waals surface area contributed by atoms with E-state index in [4.69, 9.17) is 0 Å². The highest BCUT2D eigenvalue weighted by Gasteiger charge is 2.03. The lowest BCUT2D eigenvalue weighted by Crippen LogP contribution is -2.07. The lowest BCUT2D eigenvalue weighted by atomic mass is 10.3. The van der Waals surface area contributed by atoms with Crippen molar-refractivity contribution in [3.63, 3.8) is 0 Å². The van der Waals surface area contributed by atoms with E-state index in [0.29, 0.717) is 6.61 Å². The summed E-state index contributed by atoms with van der Waals surface area (Å²) < 4.78 is 4.49. The zero-order valence-corrected chi connectivity index (χ0v) is 7.76. The van der Waals surface area contributed by atoms with Crippen molar-refractivity contribution in [2.75, 3.05) is 6.61 Å². The fourth-order valence-corrected chi connectivity index (χ4v) is 0.415. The average Bonchev–Trinajstić information content (AvgIpc) is 1.63. The van der Waals surface area contributed by atoms with Gasteiger partial charge in [-0.1, -0.05) is 0 Å². The highest BCUT2D eigenvalue weighted by atomic mass is 24.3. The Balaban J connectivity index is 0. The van der Waals surface area contributed by atoms with E-state index in [2.05, 4.69) is 4.74 Å². The molecular formula is C6H10MgO3. The fraction of sp³-hybridized carbons (Fsp3) is 0.667. The van der Waals surface area contributed by atoms with Crippen molar-refractivity contribution in [1.82, 2.24) is 0 Å². The Labute approximate surface area is 76.3 Å². The van der Waals surface area contributed by atoms with Gasteiger partial charge in [0.25, 0.3) is 0 Å². The molecule has 3 nitrogen and oxygen atoms in total. The van der Waals surface area contributed by atoms with Crippen LogP contribution in [0.4, 0.5) is 0 Å². The number of hydrogen-bond acceptors (Lipinski definition) is 3. The predicted molar refractivity (Wildman–Crippen MR) is 37.7 cm³/mol. The molecule has 0 N–H and O–H groups in total. The molecule has 0 saturated carbocycles. The van der Waals surface area contributed by atoms with Crippen LogP contribution < -0.4 is 0 Å². The normalized spacial score (nSPS) is 7.80. The van der Waals surface area contributed by atoms with Gasteiger partial charge in [0.05, 0.1) is 6.61 Å². The lowest BCUT2D eigenvalue weighted by molar-refractivity contribution is -0.145. The number of carbonyl (C=O) groups excluding carboxylic acids is 2. The minimum absolute atomic E-state index is 0. The molecular weight excluding hydrogens is 144 g/mol. The molecule has 0 bridgehead atoms. The summed E-state index contributed by atoms with van der Waals surface area (Å²) in [6.45, 7) is 3.40. The van der Waals surface area contributed by atoms with Gasteiger partial charge in [0.1, 0.15) is 12.2 Å². The summed E-state index contributed by atoms with van der Waals surface area (Å²) in [7, 11) is 0. The number of ether oxygens (including phenoxy) is 1. The van der Waals surface area contributed by atoms with Gasteiger partial charge in [0.2, 0.25) is 0 Å². The van der Waals surface area contributed by atoms with E-state index in [-0.39, 0.29) is 35.3 Å². The average molecular weight is 154 g/mol. The summed E-state index contributed by atoms with van der Waals surface area (Å²) in [4.78, 5) is 20.6. The van der Waals surface area contributed by atoms with Crippen molar-refractivity contribution in [3.05, 3.63) is 0 Å². The number of Topliss-reactive ketones (excluding diaryl/α,β-unsaturated/α-hetero) is 1. The van der Waals surface area contributed by atoms with Crippen LogP contribution in [-0.4, -0.2) is 41.4 Å². The molecule has 4 heteroatoms. The Kier molecular flexibility index (Phi) is 8.82. The van der Waals surface area contributed by atoms with E-state index in [9.17, 15) is 9.59 Å². The van der Waals surface area contributed by atoms with Crippen molar-refractivity contribution in [1.29, 1.82) is 0 Å². The number of carbonyl (C=O) groups is 2. The van der Waals surface area contributed by atoms with Crippen LogP contribution in [-0.2, 0) is 14.3 Å². The van der Waals surface area contributed by atoms with Crippen molar-refractivity contribution in [2.45, 2.75) is 20.3 Å². The molecule has 0 rings (SSSR count). The van der Waals surface area contributed by atoms with E-state index in [1.165, 1.54) is 6.92 Å².